The van der Waals surface area contributed by atoms with Gasteiger partial charge in [0, 0.05) is 12.2 Å². The second-order valence-corrected chi connectivity index (χ2v) is 9.10. The minimum Gasteiger partial charge on any atom is -0.490 e. The first-order valence-corrected chi connectivity index (χ1v) is 12.0. The number of halogens is 1. The van der Waals surface area contributed by atoms with Crippen molar-refractivity contribution in [1.29, 1.82) is 0 Å². The van der Waals surface area contributed by atoms with E-state index in [2.05, 4.69) is 115 Å². The molecule has 0 bridgehead atoms. The summed E-state index contributed by atoms with van der Waals surface area (Å²) < 4.78 is 13.3. The van der Waals surface area contributed by atoms with Gasteiger partial charge in [0.25, 0.3) is 0 Å². The van der Waals surface area contributed by atoms with Gasteiger partial charge in [-0.2, -0.15) is 0 Å². The number of hydrogen-bond acceptors (Lipinski definition) is 3. The lowest BCUT2D eigenvalue weighted by atomic mass is 10.1. The molecule has 0 fully saturated rings. The number of hydrogen-bond donors (Lipinski definition) is 1. The van der Waals surface area contributed by atoms with Gasteiger partial charge in [-0.15, -0.1) is 0 Å². The Morgan fingerprint density at radius 2 is 1.69 bits per heavy atom. The van der Waals surface area contributed by atoms with E-state index in [0.717, 1.165) is 32.9 Å². The molecule has 0 saturated carbocycles. The summed E-state index contributed by atoms with van der Waals surface area (Å²) in [6.45, 7) is 8.07. The summed E-state index contributed by atoms with van der Waals surface area (Å²) in [5, 5.41) is 5.99. The smallest absolute Gasteiger partial charge is 0.174 e. The molecule has 0 aliphatic carbocycles. The Morgan fingerprint density at radius 1 is 0.875 bits per heavy atom. The lowest BCUT2D eigenvalue weighted by Gasteiger charge is -2.17. The molecule has 4 rings (SSSR count). The fraction of sp³-hybridized carbons (Fsp3) is 0.214. The summed E-state index contributed by atoms with van der Waals surface area (Å²) in [6, 6.07) is 25.5. The Kier molecular flexibility index (Phi) is 7.20. The molecule has 0 saturated heterocycles. The predicted molar refractivity (Wildman–Crippen MR) is 142 cm³/mol. The van der Waals surface area contributed by atoms with Gasteiger partial charge in [-0.1, -0.05) is 60.2 Å². The molecule has 0 aromatic heterocycles. The molecule has 0 unspecified atom stereocenters. The number of nitrogens with one attached hydrogen (secondary N) is 1. The number of rotatable bonds is 8. The Balaban J connectivity index is 1.54. The minimum atomic E-state index is 0.498. The summed E-state index contributed by atoms with van der Waals surface area (Å²) in [5.41, 5.74) is 6.01. The van der Waals surface area contributed by atoms with Gasteiger partial charge in [0.15, 0.2) is 11.5 Å². The molecule has 4 heteroatoms. The van der Waals surface area contributed by atoms with Gasteiger partial charge in [-0.05, 0) is 89.0 Å². The highest BCUT2D eigenvalue weighted by molar-refractivity contribution is 14.1. The fourth-order valence-corrected chi connectivity index (χ4v) is 4.73. The first kappa shape index (κ1) is 22.5. The van der Waals surface area contributed by atoms with Crippen LogP contribution >= 0.6 is 22.6 Å². The van der Waals surface area contributed by atoms with E-state index >= 15 is 0 Å². The molecule has 0 heterocycles. The van der Waals surface area contributed by atoms with Crippen molar-refractivity contribution >= 4 is 39.1 Å². The van der Waals surface area contributed by atoms with Gasteiger partial charge >= 0.3 is 0 Å². The van der Waals surface area contributed by atoms with Crippen molar-refractivity contribution in [3.8, 4) is 11.5 Å². The normalized spacial score (nSPS) is 10.9. The van der Waals surface area contributed by atoms with Crippen LogP contribution in [0.25, 0.3) is 10.8 Å². The molecule has 32 heavy (non-hydrogen) atoms. The predicted octanol–water partition coefficient (Wildman–Crippen LogP) is 7.65. The highest BCUT2D eigenvalue weighted by atomic mass is 127. The topological polar surface area (TPSA) is 30.5 Å². The zero-order chi connectivity index (χ0) is 22.5. The van der Waals surface area contributed by atoms with Gasteiger partial charge in [-0.3, -0.25) is 0 Å². The summed E-state index contributed by atoms with van der Waals surface area (Å²) in [6.07, 6.45) is 0. The first-order valence-electron chi connectivity index (χ1n) is 10.9. The SMILES string of the molecule is CCOc1cc(CNc2ccc(C)cc2C)cc(I)c1OCc1cccc2ccccc12. The summed E-state index contributed by atoms with van der Waals surface area (Å²) in [5.74, 6) is 1.59. The van der Waals surface area contributed by atoms with Crippen molar-refractivity contribution in [3.63, 3.8) is 0 Å². The van der Waals surface area contributed by atoms with E-state index in [1.807, 2.05) is 6.92 Å². The summed E-state index contributed by atoms with van der Waals surface area (Å²) in [4.78, 5) is 0. The van der Waals surface area contributed by atoms with Crippen LogP contribution in [0, 0.1) is 17.4 Å². The quantitative estimate of drug-likeness (QED) is 0.234. The van der Waals surface area contributed by atoms with Crippen molar-refractivity contribution in [3.05, 3.63) is 98.6 Å². The zero-order valence-corrected chi connectivity index (χ0v) is 20.9. The molecule has 1 N–H and O–H groups in total. The number of aryl methyl sites for hydroxylation is 2. The third-order valence-electron chi connectivity index (χ3n) is 5.49. The minimum absolute atomic E-state index is 0.498. The molecule has 0 aliphatic heterocycles. The molecule has 4 aromatic carbocycles. The largest absolute Gasteiger partial charge is 0.490 e. The van der Waals surface area contributed by atoms with Crippen LogP contribution in [0.15, 0.2) is 72.8 Å². The number of fused-ring (bicyclic) bond motifs is 1. The van der Waals surface area contributed by atoms with Gasteiger partial charge < -0.3 is 14.8 Å². The van der Waals surface area contributed by atoms with E-state index < -0.39 is 0 Å². The fourth-order valence-electron chi connectivity index (χ4n) is 3.90. The first-order chi connectivity index (χ1) is 15.5. The van der Waals surface area contributed by atoms with E-state index in [0.29, 0.717) is 13.2 Å². The Bertz CT molecular complexity index is 1230. The van der Waals surface area contributed by atoms with Crippen molar-refractivity contribution in [2.24, 2.45) is 0 Å². The van der Waals surface area contributed by atoms with E-state index in [1.165, 1.54) is 27.5 Å². The van der Waals surface area contributed by atoms with E-state index in [-0.39, 0.29) is 0 Å². The zero-order valence-electron chi connectivity index (χ0n) is 18.7. The molecule has 0 atom stereocenters. The number of benzene rings is 4. The third kappa shape index (κ3) is 5.18. The van der Waals surface area contributed by atoms with Crippen LogP contribution in [0.4, 0.5) is 5.69 Å². The Labute approximate surface area is 203 Å². The Morgan fingerprint density at radius 3 is 2.50 bits per heavy atom. The van der Waals surface area contributed by atoms with E-state index in [1.54, 1.807) is 0 Å². The van der Waals surface area contributed by atoms with Gasteiger partial charge in [-0.25, -0.2) is 0 Å². The molecule has 4 aromatic rings. The van der Waals surface area contributed by atoms with E-state index in [9.17, 15) is 0 Å². The second-order valence-electron chi connectivity index (χ2n) is 7.94. The highest BCUT2D eigenvalue weighted by Gasteiger charge is 2.14. The van der Waals surface area contributed by atoms with Gasteiger partial charge in [0.2, 0.25) is 0 Å². The molecule has 164 valence electrons. The van der Waals surface area contributed by atoms with Crippen LogP contribution in [0.2, 0.25) is 0 Å². The molecule has 0 amide bonds. The highest BCUT2D eigenvalue weighted by Crippen LogP contribution is 2.35. The van der Waals surface area contributed by atoms with Gasteiger partial charge in [0.05, 0.1) is 10.2 Å². The lowest BCUT2D eigenvalue weighted by Crippen LogP contribution is -2.05. The maximum absolute atomic E-state index is 6.31. The monoisotopic (exact) mass is 537 g/mol. The van der Waals surface area contributed by atoms with Crippen molar-refractivity contribution in [2.75, 3.05) is 11.9 Å². The molecular formula is C28H28INO2. The number of anilines is 1. The second kappa shape index (κ2) is 10.3. The van der Waals surface area contributed by atoms with Gasteiger partial charge in [0.1, 0.15) is 6.61 Å². The number of ether oxygens (including phenoxy) is 2. The molecule has 0 spiro atoms. The molecule has 0 aliphatic rings. The molecular weight excluding hydrogens is 509 g/mol. The summed E-state index contributed by atoms with van der Waals surface area (Å²) >= 11 is 2.34. The average Bonchev–Trinajstić information content (AvgIpc) is 2.78. The lowest BCUT2D eigenvalue weighted by molar-refractivity contribution is 0.268. The van der Waals surface area contributed by atoms with E-state index in [4.69, 9.17) is 9.47 Å². The standard InChI is InChI=1S/C28H28INO2/c1-4-31-27-16-21(17-30-26-13-12-19(2)14-20(26)3)15-25(29)28(27)32-18-23-10-7-9-22-8-5-6-11-24(22)23/h5-16,30H,4,17-18H2,1-3H3. The van der Waals surface area contributed by atoms with Crippen molar-refractivity contribution < 1.29 is 9.47 Å². The van der Waals surface area contributed by atoms with Crippen molar-refractivity contribution in [2.45, 2.75) is 33.9 Å². The maximum Gasteiger partial charge on any atom is 0.174 e. The Hall–Kier alpha value is -2.73. The van der Waals surface area contributed by atoms with Crippen LogP contribution < -0.4 is 14.8 Å². The molecule has 0 radical (unpaired) electrons. The summed E-state index contributed by atoms with van der Waals surface area (Å²) in [7, 11) is 0. The van der Waals surface area contributed by atoms with Crippen LogP contribution in [0.1, 0.15) is 29.2 Å². The maximum atomic E-state index is 6.31. The van der Waals surface area contributed by atoms with Crippen LogP contribution in [0.3, 0.4) is 0 Å². The van der Waals surface area contributed by atoms with Crippen LogP contribution in [-0.2, 0) is 13.2 Å². The van der Waals surface area contributed by atoms with Crippen LogP contribution in [-0.4, -0.2) is 6.61 Å². The average molecular weight is 537 g/mol. The third-order valence-corrected chi connectivity index (χ3v) is 6.29. The van der Waals surface area contributed by atoms with Crippen molar-refractivity contribution in [1.82, 2.24) is 0 Å². The molecule has 3 nitrogen and oxygen atoms in total. The van der Waals surface area contributed by atoms with Crippen LogP contribution in [0.5, 0.6) is 11.5 Å².